The minimum absolute atomic E-state index is 0.0157. The van der Waals surface area contributed by atoms with Crippen molar-refractivity contribution < 1.29 is 19.0 Å². The molecule has 0 spiro atoms. The second-order valence-electron chi connectivity index (χ2n) is 7.37. The highest BCUT2D eigenvalue weighted by atomic mass is 16.5. The van der Waals surface area contributed by atoms with Gasteiger partial charge in [-0.15, -0.1) is 0 Å². The number of nitrogens with zero attached hydrogens (tertiary/aromatic N) is 2. The lowest BCUT2D eigenvalue weighted by molar-refractivity contribution is -0.133. The first kappa shape index (κ1) is 21.0. The van der Waals surface area contributed by atoms with Gasteiger partial charge in [0.15, 0.2) is 0 Å². The number of benzene rings is 2. The zero-order valence-corrected chi connectivity index (χ0v) is 17.7. The average Bonchev–Trinajstić information content (AvgIpc) is 3.23. The van der Waals surface area contributed by atoms with E-state index in [-0.39, 0.29) is 11.9 Å². The van der Waals surface area contributed by atoms with Gasteiger partial charge in [-0.1, -0.05) is 12.1 Å². The smallest absolute Gasteiger partial charge is 0.237 e. The Morgan fingerprint density at radius 3 is 2.38 bits per heavy atom. The van der Waals surface area contributed by atoms with Crippen molar-refractivity contribution in [1.29, 1.82) is 0 Å². The van der Waals surface area contributed by atoms with Gasteiger partial charge in [0, 0.05) is 18.7 Å². The molecule has 1 atom stereocenters. The molecule has 29 heavy (non-hydrogen) atoms. The number of likely N-dealkylation sites (N-methyl/N-ethyl adjacent to an activating group) is 1. The minimum Gasteiger partial charge on any atom is -0.497 e. The van der Waals surface area contributed by atoms with E-state index in [0.29, 0.717) is 13.1 Å². The number of rotatable bonds is 8. The second-order valence-corrected chi connectivity index (χ2v) is 7.37. The van der Waals surface area contributed by atoms with E-state index in [0.717, 1.165) is 47.8 Å². The number of hydrogen-bond donors (Lipinski definition) is 0. The highest BCUT2D eigenvalue weighted by Crippen LogP contribution is 2.39. The molecule has 6 nitrogen and oxygen atoms in total. The van der Waals surface area contributed by atoms with Gasteiger partial charge in [-0.3, -0.25) is 9.69 Å². The normalized spacial score (nSPS) is 16.2. The lowest BCUT2D eigenvalue weighted by atomic mass is 10.0. The van der Waals surface area contributed by atoms with Crippen LogP contribution in [0.5, 0.6) is 17.2 Å². The van der Waals surface area contributed by atoms with Crippen molar-refractivity contribution >= 4 is 5.91 Å². The van der Waals surface area contributed by atoms with Gasteiger partial charge < -0.3 is 19.1 Å². The van der Waals surface area contributed by atoms with Crippen LogP contribution in [0, 0.1) is 0 Å². The Labute approximate surface area is 173 Å². The largest absolute Gasteiger partial charge is 0.497 e. The summed E-state index contributed by atoms with van der Waals surface area (Å²) in [5.41, 5.74) is 2.16. The molecule has 0 unspecified atom stereocenters. The van der Waals surface area contributed by atoms with E-state index in [2.05, 4.69) is 0 Å². The number of methoxy groups -OCH3 is 3. The Bertz CT molecular complexity index is 822. The fourth-order valence-electron chi connectivity index (χ4n) is 3.91. The van der Waals surface area contributed by atoms with Crippen LogP contribution in [0.3, 0.4) is 0 Å². The molecule has 6 heteroatoms. The maximum absolute atomic E-state index is 13.1. The summed E-state index contributed by atoms with van der Waals surface area (Å²) in [7, 11) is 6.94. The van der Waals surface area contributed by atoms with Crippen LogP contribution in [-0.2, 0) is 11.3 Å². The first-order valence-electron chi connectivity index (χ1n) is 9.88. The van der Waals surface area contributed by atoms with E-state index in [1.165, 1.54) is 0 Å². The number of hydrogen-bond acceptors (Lipinski definition) is 5. The summed E-state index contributed by atoms with van der Waals surface area (Å²) in [5, 5.41) is 0. The Morgan fingerprint density at radius 1 is 1.03 bits per heavy atom. The van der Waals surface area contributed by atoms with Gasteiger partial charge in [0.05, 0.1) is 33.9 Å². The van der Waals surface area contributed by atoms with Crippen LogP contribution in [0.15, 0.2) is 42.5 Å². The van der Waals surface area contributed by atoms with Crippen molar-refractivity contribution in [1.82, 2.24) is 9.80 Å². The van der Waals surface area contributed by atoms with E-state index >= 15 is 0 Å². The van der Waals surface area contributed by atoms with Crippen molar-refractivity contribution in [3.05, 3.63) is 53.6 Å². The van der Waals surface area contributed by atoms with Crippen LogP contribution in [-0.4, -0.2) is 57.2 Å². The molecule has 2 aromatic rings. The first-order valence-corrected chi connectivity index (χ1v) is 9.88. The van der Waals surface area contributed by atoms with E-state index < -0.39 is 0 Å². The molecule has 1 aliphatic rings. The Balaban J connectivity index is 1.68. The lowest BCUT2D eigenvalue weighted by Crippen LogP contribution is -2.38. The summed E-state index contributed by atoms with van der Waals surface area (Å²) < 4.78 is 16.1. The summed E-state index contributed by atoms with van der Waals surface area (Å²) in [4.78, 5) is 17.1. The van der Waals surface area contributed by atoms with Crippen LogP contribution in [0.1, 0.15) is 30.0 Å². The van der Waals surface area contributed by atoms with Crippen molar-refractivity contribution in [3.63, 3.8) is 0 Å². The number of carbonyl (C=O) groups is 1. The van der Waals surface area contributed by atoms with E-state index in [1.807, 2.05) is 59.3 Å². The molecule has 3 rings (SSSR count). The summed E-state index contributed by atoms with van der Waals surface area (Å²) in [6, 6.07) is 13.7. The number of amides is 1. The zero-order chi connectivity index (χ0) is 20.8. The van der Waals surface area contributed by atoms with Crippen molar-refractivity contribution in [3.8, 4) is 17.2 Å². The molecule has 0 saturated carbocycles. The van der Waals surface area contributed by atoms with Gasteiger partial charge in [0.2, 0.25) is 5.91 Å². The predicted molar refractivity (Wildman–Crippen MR) is 113 cm³/mol. The fraction of sp³-hybridized carbons (Fsp3) is 0.435. The average molecular weight is 399 g/mol. The molecule has 1 fully saturated rings. The lowest BCUT2D eigenvalue weighted by Gasteiger charge is -2.28. The SMILES string of the molecule is COc1ccc(CN(C)CC(=O)N2CCC[C@H]2c2cc(OC)ccc2OC)cc1. The zero-order valence-electron chi connectivity index (χ0n) is 17.7. The third-order valence-corrected chi connectivity index (χ3v) is 5.39. The Hall–Kier alpha value is -2.73. The highest BCUT2D eigenvalue weighted by molar-refractivity contribution is 5.79. The molecule has 2 aromatic carbocycles. The number of carbonyl (C=O) groups excluding carboxylic acids is 1. The Morgan fingerprint density at radius 2 is 1.72 bits per heavy atom. The summed E-state index contributed by atoms with van der Waals surface area (Å²) >= 11 is 0. The summed E-state index contributed by atoms with van der Waals surface area (Å²) in [6.45, 7) is 1.84. The van der Waals surface area contributed by atoms with Gasteiger partial charge in [-0.25, -0.2) is 0 Å². The van der Waals surface area contributed by atoms with Crippen molar-refractivity contribution in [2.45, 2.75) is 25.4 Å². The van der Waals surface area contributed by atoms with Gasteiger partial charge in [0.1, 0.15) is 17.2 Å². The number of likely N-dealkylation sites (tertiary alicyclic amines) is 1. The molecule has 0 aliphatic carbocycles. The molecule has 1 amide bonds. The number of ether oxygens (including phenoxy) is 3. The minimum atomic E-state index is 0.0157. The topological polar surface area (TPSA) is 51.2 Å². The monoisotopic (exact) mass is 398 g/mol. The second kappa shape index (κ2) is 9.65. The van der Waals surface area contributed by atoms with Crippen molar-refractivity contribution in [2.75, 3.05) is 41.5 Å². The van der Waals surface area contributed by atoms with E-state index in [4.69, 9.17) is 14.2 Å². The molecule has 1 heterocycles. The molecule has 0 radical (unpaired) electrons. The maximum atomic E-state index is 13.1. The first-order chi connectivity index (χ1) is 14.0. The molecule has 0 aromatic heterocycles. The Kier molecular flexibility index (Phi) is 6.99. The third-order valence-electron chi connectivity index (χ3n) is 5.39. The predicted octanol–water partition coefficient (Wildman–Crippen LogP) is 3.51. The fourth-order valence-corrected chi connectivity index (χ4v) is 3.91. The summed E-state index contributed by atoms with van der Waals surface area (Å²) in [5.74, 6) is 2.53. The van der Waals surface area contributed by atoms with Gasteiger partial charge in [0.25, 0.3) is 0 Å². The van der Waals surface area contributed by atoms with Crippen LogP contribution in [0.25, 0.3) is 0 Å². The van der Waals surface area contributed by atoms with Crippen LogP contribution in [0.4, 0.5) is 0 Å². The van der Waals surface area contributed by atoms with Gasteiger partial charge >= 0.3 is 0 Å². The molecule has 0 bridgehead atoms. The van der Waals surface area contributed by atoms with Crippen LogP contribution < -0.4 is 14.2 Å². The third kappa shape index (κ3) is 5.01. The molecule has 156 valence electrons. The quantitative estimate of drug-likeness (QED) is 0.681. The maximum Gasteiger partial charge on any atom is 0.237 e. The molecular weight excluding hydrogens is 368 g/mol. The van der Waals surface area contributed by atoms with Gasteiger partial charge in [-0.2, -0.15) is 0 Å². The molecule has 0 N–H and O–H groups in total. The van der Waals surface area contributed by atoms with E-state index in [9.17, 15) is 4.79 Å². The highest BCUT2D eigenvalue weighted by Gasteiger charge is 2.32. The molecule has 1 saturated heterocycles. The standard InChI is InChI=1S/C23H30N2O4/c1-24(15-17-7-9-18(27-2)10-8-17)16-23(26)25-13-5-6-21(25)20-14-19(28-3)11-12-22(20)29-4/h7-12,14,21H,5-6,13,15-16H2,1-4H3/t21-/m0/s1. The molecular formula is C23H30N2O4. The summed E-state index contributed by atoms with van der Waals surface area (Å²) in [6.07, 6.45) is 1.91. The van der Waals surface area contributed by atoms with Gasteiger partial charge in [-0.05, 0) is 55.8 Å². The van der Waals surface area contributed by atoms with Crippen LogP contribution in [0.2, 0.25) is 0 Å². The van der Waals surface area contributed by atoms with Crippen LogP contribution >= 0.6 is 0 Å². The molecule has 1 aliphatic heterocycles. The van der Waals surface area contributed by atoms with E-state index in [1.54, 1.807) is 21.3 Å². The van der Waals surface area contributed by atoms with Crippen molar-refractivity contribution in [2.24, 2.45) is 0 Å².